The highest BCUT2D eigenvalue weighted by atomic mass is 16.2. The molecule has 0 spiro atoms. The number of nitrogens with one attached hydrogen (secondary N) is 1. The molecule has 3 heterocycles. The van der Waals surface area contributed by atoms with Crippen molar-refractivity contribution in [3.8, 4) is 0 Å². The molecule has 0 saturated carbocycles. The Balaban J connectivity index is 1.61. The summed E-state index contributed by atoms with van der Waals surface area (Å²) >= 11 is 0. The molecule has 21 heavy (non-hydrogen) atoms. The zero-order valence-corrected chi connectivity index (χ0v) is 13.2. The fourth-order valence-corrected chi connectivity index (χ4v) is 3.14. The lowest BCUT2D eigenvalue weighted by molar-refractivity contribution is 0.131. The number of nitrogens with zero attached hydrogens (tertiary/aromatic N) is 4. The highest BCUT2D eigenvalue weighted by Crippen LogP contribution is 2.27. The molecule has 1 aromatic heterocycles. The molecule has 6 heteroatoms. The van der Waals surface area contributed by atoms with Crippen molar-refractivity contribution in [3.05, 3.63) is 17.5 Å². The summed E-state index contributed by atoms with van der Waals surface area (Å²) in [7, 11) is 1.88. The molecule has 0 radical (unpaired) electrons. The lowest BCUT2D eigenvalue weighted by Crippen LogP contribution is -2.47. The van der Waals surface area contributed by atoms with Crippen molar-refractivity contribution in [2.45, 2.75) is 51.9 Å². The maximum Gasteiger partial charge on any atom is 0.319 e. The molecular weight excluding hydrogens is 266 g/mol. The number of amides is 2. The van der Waals surface area contributed by atoms with Gasteiger partial charge in [-0.15, -0.1) is 0 Å². The van der Waals surface area contributed by atoms with Gasteiger partial charge in [0.1, 0.15) is 0 Å². The molecule has 0 aliphatic carbocycles. The number of urea groups is 1. The Morgan fingerprint density at radius 2 is 2.10 bits per heavy atom. The van der Waals surface area contributed by atoms with E-state index in [0.29, 0.717) is 6.04 Å². The molecule has 0 atom stereocenters. The minimum Gasteiger partial charge on any atom is -0.325 e. The van der Waals surface area contributed by atoms with Crippen LogP contribution in [0.5, 0.6) is 0 Å². The van der Waals surface area contributed by atoms with Gasteiger partial charge in [0.15, 0.2) is 0 Å². The molecule has 1 N–H and O–H groups in total. The molecule has 1 fully saturated rings. The minimum atomic E-state index is 0.149. The second kappa shape index (κ2) is 5.67. The summed E-state index contributed by atoms with van der Waals surface area (Å²) in [6, 6.07) is 0.827. The molecule has 2 aliphatic rings. The van der Waals surface area contributed by atoms with Gasteiger partial charge in [0.25, 0.3) is 0 Å². The highest BCUT2D eigenvalue weighted by molar-refractivity contribution is 5.74. The van der Waals surface area contributed by atoms with Crippen LogP contribution in [0.15, 0.2) is 6.20 Å². The maximum absolute atomic E-state index is 12.3. The summed E-state index contributed by atoms with van der Waals surface area (Å²) in [5.74, 6) is 0. The summed E-state index contributed by atoms with van der Waals surface area (Å²) in [5, 5.41) is 7.93. The predicted molar refractivity (Wildman–Crippen MR) is 80.9 cm³/mol. The van der Waals surface area contributed by atoms with Crippen LogP contribution in [0.2, 0.25) is 0 Å². The number of likely N-dealkylation sites (tertiary alicyclic amines) is 1. The predicted octanol–water partition coefficient (Wildman–Crippen LogP) is 1.58. The number of hydrogen-bond donors (Lipinski definition) is 1. The Morgan fingerprint density at radius 1 is 1.38 bits per heavy atom. The molecule has 2 amide bonds. The largest absolute Gasteiger partial charge is 0.325 e. The van der Waals surface area contributed by atoms with E-state index in [1.807, 2.05) is 36.9 Å². The molecule has 0 aromatic carbocycles. The molecule has 2 aliphatic heterocycles. The fourth-order valence-electron chi connectivity index (χ4n) is 3.14. The summed E-state index contributed by atoms with van der Waals surface area (Å²) in [6.07, 6.45) is 3.97. The van der Waals surface area contributed by atoms with Gasteiger partial charge in [0.05, 0.1) is 17.9 Å². The Hall–Kier alpha value is -1.56. The zero-order chi connectivity index (χ0) is 15.0. The van der Waals surface area contributed by atoms with Crippen molar-refractivity contribution in [1.82, 2.24) is 24.9 Å². The van der Waals surface area contributed by atoms with Gasteiger partial charge in [0.2, 0.25) is 0 Å². The zero-order valence-electron chi connectivity index (χ0n) is 13.2. The number of fused-ring (bicyclic) bond motifs is 1. The topological polar surface area (TPSA) is 53.4 Å². The van der Waals surface area contributed by atoms with E-state index >= 15 is 0 Å². The Bertz CT molecular complexity index is 516. The van der Waals surface area contributed by atoms with E-state index in [-0.39, 0.29) is 12.1 Å². The van der Waals surface area contributed by atoms with Crippen LogP contribution >= 0.6 is 0 Å². The molecule has 6 nitrogen and oxygen atoms in total. The first-order chi connectivity index (χ1) is 10.1. The number of rotatable bonds is 2. The first-order valence-electron chi connectivity index (χ1n) is 7.85. The fraction of sp³-hybridized carbons (Fsp3) is 0.733. The smallest absolute Gasteiger partial charge is 0.319 e. The minimum absolute atomic E-state index is 0.149. The molecule has 0 bridgehead atoms. The van der Waals surface area contributed by atoms with E-state index in [1.165, 1.54) is 11.3 Å². The third kappa shape index (κ3) is 2.64. The van der Waals surface area contributed by atoms with Gasteiger partial charge in [-0.05, 0) is 26.7 Å². The second-order valence-electron chi connectivity index (χ2n) is 6.37. The third-order valence-electron chi connectivity index (χ3n) is 4.75. The van der Waals surface area contributed by atoms with Gasteiger partial charge in [-0.2, -0.15) is 5.10 Å². The van der Waals surface area contributed by atoms with E-state index in [4.69, 9.17) is 0 Å². The van der Waals surface area contributed by atoms with Crippen LogP contribution in [0.4, 0.5) is 4.79 Å². The lowest BCUT2D eigenvalue weighted by atomic mass is 10.0. The van der Waals surface area contributed by atoms with Gasteiger partial charge < -0.3 is 15.1 Å². The van der Waals surface area contributed by atoms with Crippen molar-refractivity contribution in [2.24, 2.45) is 0 Å². The first-order valence-corrected chi connectivity index (χ1v) is 7.85. The third-order valence-corrected chi connectivity index (χ3v) is 4.75. The maximum atomic E-state index is 12.3. The van der Waals surface area contributed by atoms with Gasteiger partial charge in [0, 0.05) is 44.8 Å². The SMILES string of the molecule is CC(C)N(C)C(=O)N1CCC(n2ncc3c2CNC3)CC1. The van der Waals surface area contributed by atoms with Crippen LogP contribution in [0.25, 0.3) is 0 Å². The summed E-state index contributed by atoms with van der Waals surface area (Å²) in [5.41, 5.74) is 2.66. The average Bonchev–Trinajstić information content (AvgIpc) is 3.08. The summed E-state index contributed by atoms with van der Waals surface area (Å²) in [4.78, 5) is 16.1. The van der Waals surface area contributed by atoms with Gasteiger partial charge in [-0.3, -0.25) is 4.68 Å². The van der Waals surface area contributed by atoms with Gasteiger partial charge in [-0.25, -0.2) is 4.79 Å². The standard InChI is InChI=1S/C15H25N5O/c1-11(2)18(3)15(21)19-6-4-13(5-7-19)20-14-10-16-8-12(14)9-17-20/h9,11,13,16H,4-8,10H2,1-3H3. The molecule has 3 rings (SSSR count). The van der Waals surface area contributed by atoms with Crippen LogP contribution in [0, 0.1) is 0 Å². The van der Waals surface area contributed by atoms with Crippen molar-refractivity contribution >= 4 is 6.03 Å². The van der Waals surface area contributed by atoms with Gasteiger partial charge >= 0.3 is 6.03 Å². The summed E-state index contributed by atoms with van der Waals surface area (Å²) in [6.45, 7) is 7.59. The van der Waals surface area contributed by atoms with E-state index in [0.717, 1.165) is 39.0 Å². The molecule has 116 valence electrons. The quantitative estimate of drug-likeness (QED) is 0.900. The van der Waals surface area contributed by atoms with Crippen LogP contribution in [-0.4, -0.2) is 51.8 Å². The van der Waals surface area contributed by atoms with Crippen molar-refractivity contribution in [3.63, 3.8) is 0 Å². The van der Waals surface area contributed by atoms with E-state index < -0.39 is 0 Å². The van der Waals surface area contributed by atoms with Crippen LogP contribution in [-0.2, 0) is 13.1 Å². The van der Waals surface area contributed by atoms with Gasteiger partial charge in [-0.1, -0.05) is 0 Å². The Morgan fingerprint density at radius 3 is 2.76 bits per heavy atom. The highest BCUT2D eigenvalue weighted by Gasteiger charge is 2.29. The molecule has 1 aromatic rings. The molecule has 0 unspecified atom stereocenters. The normalized spacial score (nSPS) is 19.1. The number of piperidine rings is 1. The monoisotopic (exact) mass is 291 g/mol. The number of carbonyl (C=O) groups excluding carboxylic acids is 1. The van der Waals surface area contributed by atoms with E-state index in [9.17, 15) is 4.79 Å². The van der Waals surface area contributed by atoms with E-state index in [1.54, 1.807) is 0 Å². The van der Waals surface area contributed by atoms with Crippen molar-refractivity contribution in [1.29, 1.82) is 0 Å². The van der Waals surface area contributed by atoms with Crippen LogP contribution in [0.1, 0.15) is 44.0 Å². The lowest BCUT2D eigenvalue weighted by Gasteiger charge is -2.36. The first kappa shape index (κ1) is 14.4. The second-order valence-corrected chi connectivity index (χ2v) is 6.37. The summed E-state index contributed by atoms with van der Waals surface area (Å²) < 4.78 is 2.18. The Labute approximate surface area is 126 Å². The van der Waals surface area contributed by atoms with Crippen molar-refractivity contribution in [2.75, 3.05) is 20.1 Å². The number of carbonyl (C=O) groups is 1. The number of hydrogen-bond acceptors (Lipinski definition) is 3. The van der Waals surface area contributed by atoms with Crippen LogP contribution in [0.3, 0.4) is 0 Å². The molecule has 1 saturated heterocycles. The Kier molecular flexibility index (Phi) is 3.89. The van der Waals surface area contributed by atoms with E-state index in [2.05, 4.69) is 15.1 Å². The molecular formula is C15H25N5O. The average molecular weight is 291 g/mol. The number of aromatic nitrogens is 2. The van der Waals surface area contributed by atoms with Crippen LogP contribution < -0.4 is 5.32 Å². The van der Waals surface area contributed by atoms with Crippen molar-refractivity contribution < 1.29 is 4.79 Å².